The summed E-state index contributed by atoms with van der Waals surface area (Å²) in [5, 5.41) is 0. The van der Waals surface area contributed by atoms with Crippen LogP contribution in [-0.2, 0) is 13.6 Å². The summed E-state index contributed by atoms with van der Waals surface area (Å²) in [6.07, 6.45) is -0.233. The minimum absolute atomic E-state index is 0.233. The van der Waals surface area contributed by atoms with Crippen molar-refractivity contribution in [1.29, 1.82) is 0 Å². The molecule has 0 N–H and O–H groups in total. The molecule has 0 radical (unpaired) electrons. The largest absolute Gasteiger partial charge is 0.337 e. The fourth-order valence-corrected chi connectivity index (χ4v) is 2.23. The fourth-order valence-electron chi connectivity index (χ4n) is 1.29. The van der Waals surface area contributed by atoms with E-state index in [-0.39, 0.29) is 11.9 Å². The SMILES string of the molecule is COP(=O)(CC(=O)c1cccc(C)c1)OC. The van der Waals surface area contributed by atoms with Gasteiger partial charge in [0.15, 0.2) is 5.78 Å². The molecule has 4 nitrogen and oxygen atoms in total. The van der Waals surface area contributed by atoms with E-state index >= 15 is 0 Å². The van der Waals surface area contributed by atoms with E-state index in [1.54, 1.807) is 18.2 Å². The molecule has 0 atom stereocenters. The summed E-state index contributed by atoms with van der Waals surface area (Å²) in [6, 6.07) is 7.11. The molecule has 0 aliphatic heterocycles. The highest BCUT2D eigenvalue weighted by atomic mass is 31.2. The smallest absolute Gasteiger partial charge is 0.312 e. The van der Waals surface area contributed by atoms with Crippen LogP contribution in [0.25, 0.3) is 0 Å². The van der Waals surface area contributed by atoms with E-state index in [9.17, 15) is 9.36 Å². The van der Waals surface area contributed by atoms with Crippen LogP contribution in [0.3, 0.4) is 0 Å². The topological polar surface area (TPSA) is 52.6 Å². The molecule has 0 heterocycles. The molecule has 0 spiro atoms. The number of hydrogen-bond acceptors (Lipinski definition) is 4. The Balaban J connectivity index is 2.84. The molecule has 0 aromatic heterocycles. The van der Waals surface area contributed by atoms with Gasteiger partial charge in [-0.2, -0.15) is 0 Å². The molecule has 0 saturated heterocycles. The van der Waals surface area contributed by atoms with Gasteiger partial charge in [0.2, 0.25) is 0 Å². The minimum Gasteiger partial charge on any atom is -0.312 e. The molecule has 0 aliphatic carbocycles. The summed E-state index contributed by atoms with van der Waals surface area (Å²) >= 11 is 0. The Morgan fingerprint density at radius 2 is 1.94 bits per heavy atom. The molecule has 1 aromatic carbocycles. The van der Waals surface area contributed by atoms with E-state index in [4.69, 9.17) is 9.05 Å². The van der Waals surface area contributed by atoms with Crippen LogP contribution in [0.1, 0.15) is 15.9 Å². The zero-order valence-corrected chi connectivity index (χ0v) is 10.5. The summed E-state index contributed by atoms with van der Waals surface area (Å²) in [4.78, 5) is 11.8. The minimum atomic E-state index is -3.27. The second-order valence-corrected chi connectivity index (χ2v) is 5.70. The molecule has 16 heavy (non-hydrogen) atoms. The van der Waals surface area contributed by atoms with Crippen molar-refractivity contribution in [2.24, 2.45) is 0 Å². The molecular formula is C11H15O4P. The molecule has 0 unspecified atom stereocenters. The van der Waals surface area contributed by atoms with E-state index in [0.717, 1.165) is 5.56 Å². The zero-order valence-electron chi connectivity index (χ0n) is 9.60. The van der Waals surface area contributed by atoms with Gasteiger partial charge in [0.05, 0.1) is 0 Å². The van der Waals surface area contributed by atoms with Crippen LogP contribution in [0, 0.1) is 6.92 Å². The van der Waals surface area contributed by atoms with Crippen LogP contribution in [0.2, 0.25) is 0 Å². The van der Waals surface area contributed by atoms with E-state index < -0.39 is 7.60 Å². The van der Waals surface area contributed by atoms with Crippen LogP contribution in [-0.4, -0.2) is 26.2 Å². The van der Waals surface area contributed by atoms with Crippen LogP contribution in [0.4, 0.5) is 0 Å². The Morgan fingerprint density at radius 3 is 2.44 bits per heavy atom. The van der Waals surface area contributed by atoms with E-state index in [0.29, 0.717) is 5.56 Å². The third-order valence-electron chi connectivity index (χ3n) is 2.23. The van der Waals surface area contributed by atoms with Gasteiger partial charge in [-0.3, -0.25) is 9.36 Å². The molecular weight excluding hydrogens is 227 g/mol. The zero-order chi connectivity index (χ0) is 12.2. The molecule has 0 bridgehead atoms. The molecule has 0 fully saturated rings. The van der Waals surface area contributed by atoms with Gasteiger partial charge in [-0.15, -0.1) is 0 Å². The van der Waals surface area contributed by atoms with Crippen LogP contribution >= 0.6 is 7.60 Å². The number of carbonyl (C=O) groups is 1. The molecule has 0 aliphatic rings. The van der Waals surface area contributed by atoms with Gasteiger partial charge in [0, 0.05) is 19.8 Å². The molecule has 5 heteroatoms. The number of aryl methyl sites for hydroxylation is 1. The van der Waals surface area contributed by atoms with E-state index in [1.807, 2.05) is 13.0 Å². The van der Waals surface area contributed by atoms with Gasteiger partial charge in [-0.25, -0.2) is 0 Å². The Morgan fingerprint density at radius 1 is 1.31 bits per heavy atom. The van der Waals surface area contributed by atoms with Crippen molar-refractivity contribution in [1.82, 2.24) is 0 Å². The highest BCUT2D eigenvalue weighted by Crippen LogP contribution is 2.46. The van der Waals surface area contributed by atoms with Crippen molar-refractivity contribution in [3.05, 3.63) is 35.4 Å². The van der Waals surface area contributed by atoms with Gasteiger partial charge in [-0.1, -0.05) is 23.8 Å². The maximum atomic E-state index is 11.8. The monoisotopic (exact) mass is 242 g/mol. The average Bonchev–Trinajstić information content (AvgIpc) is 2.29. The first kappa shape index (κ1) is 13.1. The predicted octanol–water partition coefficient (Wildman–Crippen LogP) is 2.66. The van der Waals surface area contributed by atoms with Crippen molar-refractivity contribution in [2.75, 3.05) is 20.4 Å². The number of carbonyl (C=O) groups excluding carboxylic acids is 1. The first-order valence-electron chi connectivity index (χ1n) is 4.81. The molecule has 1 rings (SSSR count). The quantitative estimate of drug-likeness (QED) is 0.588. The Bertz CT molecular complexity index is 420. The second kappa shape index (κ2) is 5.39. The van der Waals surface area contributed by atoms with Crippen molar-refractivity contribution < 1.29 is 18.4 Å². The van der Waals surface area contributed by atoms with Crippen molar-refractivity contribution in [3.8, 4) is 0 Å². The van der Waals surface area contributed by atoms with Crippen LogP contribution in [0.5, 0.6) is 0 Å². The average molecular weight is 242 g/mol. The Labute approximate surface area is 95.1 Å². The third kappa shape index (κ3) is 3.27. The lowest BCUT2D eigenvalue weighted by atomic mass is 10.1. The van der Waals surface area contributed by atoms with Gasteiger partial charge < -0.3 is 9.05 Å². The van der Waals surface area contributed by atoms with E-state index in [1.165, 1.54) is 14.2 Å². The highest BCUT2D eigenvalue weighted by Gasteiger charge is 2.26. The molecule has 1 aromatic rings. The fraction of sp³-hybridized carbons (Fsp3) is 0.364. The highest BCUT2D eigenvalue weighted by molar-refractivity contribution is 7.54. The number of benzene rings is 1. The lowest BCUT2D eigenvalue weighted by molar-refractivity contribution is 0.101. The van der Waals surface area contributed by atoms with Crippen LogP contribution in [0.15, 0.2) is 24.3 Å². The molecule has 0 amide bonds. The third-order valence-corrected chi connectivity index (χ3v) is 4.02. The number of ketones is 1. The van der Waals surface area contributed by atoms with Crippen molar-refractivity contribution in [2.45, 2.75) is 6.92 Å². The van der Waals surface area contributed by atoms with Crippen molar-refractivity contribution in [3.63, 3.8) is 0 Å². The summed E-state index contributed by atoms with van der Waals surface area (Å²) in [5.74, 6) is -0.240. The van der Waals surface area contributed by atoms with Crippen LogP contribution < -0.4 is 0 Å². The summed E-state index contributed by atoms with van der Waals surface area (Å²) in [6.45, 7) is 1.89. The molecule has 88 valence electrons. The first-order chi connectivity index (χ1) is 7.50. The molecule has 0 saturated carbocycles. The summed E-state index contributed by atoms with van der Waals surface area (Å²) in [7, 11) is -0.724. The Hall–Kier alpha value is -0.960. The van der Waals surface area contributed by atoms with Gasteiger partial charge in [0.25, 0.3) is 0 Å². The lowest BCUT2D eigenvalue weighted by Crippen LogP contribution is -2.08. The number of hydrogen-bond donors (Lipinski definition) is 0. The Kier molecular flexibility index (Phi) is 4.42. The summed E-state index contributed by atoms with van der Waals surface area (Å²) in [5.41, 5.74) is 1.50. The normalized spacial score (nSPS) is 11.4. The number of Topliss-reactive ketones (excluding diaryl/α,β-unsaturated/α-hetero) is 1. The number of rotatable bonds is 5. The predicted molar refractivity (Wildman–Crippen MR) is 62.0 cm³/mol. The van der Waals surface area contributed by atoms with Gasteiger partial charge in [-0.05, 0) is 13.0 Å². The maximum Gasteiger partial charge on any atom is 0.337 e. The first-order valence-corrected chi connectivity index (χ1v) is 6.54. The lowest BCUT2D eigenvalue weighted by Gasteiger charge is -2.12. The van der Waals surface area contributed by atoms with Gasteiger partial charge in [0.1, 0.15) is 6.16 Å². The summed E-state index contributed by atoms with van der Waals surface area (Å²) < 4.78 is 21.2. The van der Waals surface area contributed by atoms with Gasteiger partial charge >= 0.3 is 7.60 Å². The van der Waals surface area contributed by atoms with E-state index in [2.05, 4.69) is 0 Å². The second-order valence-electron chi connectivity index (χ2n) is 3.43. The van der Waals surface area contributed by atoms with Crippen molar-refractivity contribution >= 4 is 13.4 Å². The standard InChI is InChI=1S/C11H15O4P/c1-9-5-4-6-10(7-9)11(12)8-16(13,14-2)15-3/h4-7H,8H2,1-3H3. The maximum absolute atomic E-state index is 11.8.